The molecular weight excluding hydrogens is 440 g/mol. The van der Waals surface area contributed by atoms with Crippen LogP contribution >= 0.6 is 11.8 Å². The van der Waals surface area contributed by atoms with Crippen LogP contribution in [0.1, 0.15) is 51.9 Å². The molecule has 3 aromatic rings. The highest BCUT2D eigenvalue weighted by molar-refractivity contribution is 7.99. The topological polar surface area (TPSA) is 102 Å². The highest BCUT2D eigenvalue weighted by Gasteiger charge is 2.20. The molecule has 180 valence electrons. The number of benzene rings is 1. The Morgan fingerprint density at radius 3 is 2.52 bits per heavy atom. The third kappa shape index (κ3) is 6.98. The second-order valence-corrected chi connectivity index (χ2v) is 9.31. The Hall–Kier alpha value is -2.52. The van der Waals surface area contributed by atoms with Gasteiger partial charge in [-0.25, -0.2) is 9.78 Å². The van der Waals surface area contributed by atoms with Crippen LogP contribution in [-0.2, 0) is 13.6 Å². The summed E-state index contributed by atoms with van der Waals surface area (Å²) in [6.45, 7) is 2.44. The Morgan fingerprint density at radius 1 is 1.09 bits per heavy atom. The number of ether oxygens (including phenoxy) is 1. The number of para-hydroxylation sites is 1. The van der Waals surface area contributed by atoms with Gasteiger partial charge >= 0.3 is 5.69 Å². The van der Waals surface area contributed by atoms with Gasteiger partial charge in [0.05, 0.1) is 6.54 Å². The summed E-state index contributed by atoms with van der Waals surface area (Å²) in [5.74, 6) is 1.53. The number of rotatable bonds is 14. The van der Waals surface area contributed by atoms with Gasteiger partial charge < -0.3 is 14.4 Å². The molecule has 9 heteroatoms. The molecule has 2 aromatic heterocycles. The van der Waals surface area contributed by atoms with Gasteiger partial charge in [-0.3, -0.25) is 14.3 Å². The van der Waals surface area contributed by atoms with Crippen molar-refractivity contribution in [3.8, 4) is 5.75 Å². The van der Waals surface area contributed by atoms with Crippen LogP contribution in [0.25, 0.3) is 11.2 Å². The molecule has 8 nitrogen and oxygen atoms in total. The van der Waals surface area contributed by atoms with E-state index in [9.17, 15) is 14.7 Å². The number of unbranched alkanes of at least 4 members (excludes halogenated alkanes) is 6. The lowest BCUT2D eigenvalue weighted by Crippen LogP contribution is -2.30. The van der Waals surface area contributed by atoms with Gasteiger partial charge in [0, 0.05) is 12.8 Å². The largest absolute Gasteiger partial charge is 0.491 e. The molecule has 2 N–H and O–H groups in total. The number of H-pyrrole nitrogens is 1. The predicted molar refractivity (Wildman–Crippen MR) is 132 cm³/mol. The van der Waals surface area contributed by atoms with Gasteiger partial charge in [0.15, 0.2) is 16.3 Å². The van der Waals surface area contributed by atoms with Gasteiger partial charge in [-0.05, 0) is 18.6 Å². The van der Waals surface area contributed by atoms with Crippen LogP contribution in [0.4, 0.5) is 0 Å². The van der Waals surface area contributed by atoms with E-state index in [1.807, 2.05) is 30.3 Å². The Morgan fingerprint density at radius 2 is 1.79 bits per heavy atom. The SMILES string of the molecule is CCCCCCCCCSc1nc2c(c(=O)[nH]c(=O)n2C)n1C[C@H](O)COc1ccccc1. The number of aromatic amines is 1. The lowest BCUT2D eigenvalue weighted by atomic mass is 10.1. The van der Waals surface area contributed by atoms with Crippen molar-refractivity contribution in [1.29, 1.82) is 0 Å². The van der Waals surface area contributed by atoms with Crippen molar-refractivity contribution in [2.75, 3.05) is 12.4 Å². The number of nitrogens with one attached hydrogen (secondary N) is 1. The van der Waals surface area contributed by atoms with Gasteiger partial charge in [-0.15, -0.1) is 0 Å². The fraction of sp³-hybridized carbons (Fsp3) is 0.542. The van der Waals surface area contributed by atoms with Crippen LogP contribution in [0.2, 0.25) is 0 Å². The van der Waals surface area contributed by atoms with Gasteiger partial charge in [0.1, 0.15) is 18.5 Å². The van der Waals surface area contributed by atoms with E-state index < -0.39 is 17.4 Å². The molecule has 0 aliphatic rings. The average Bonchev–Trinajstić information content (AvgIpc) is 3.17. The van der Waals surface area contributed by atoms with E-state index >= 15 is 0 Å². The first-order valence-corrected chi connectivity index (χ1v) is 12.7. The first-order chi connectivity index (χ1) is 16.0. The van der Waals surface area contributed by atoms with Crippen LogP contribution in [-0.4, -0.2) is 42.7 Å². The molecule has 0 aliphatic heterocycles. The summed E-state index contributed by atoms with van der Waals surface area (Å²) in [6, 6.07) is 9.27. The highest BCUT2D eigenvalue weighted by Crippen LogP contribution is 2.23. The molecule has 33 heavy (non-hydrogen) atoms. The number of fused-ring (bicyclic) bond motifs is 1. The summed E-state index contributed by atoms with van der Waals surface area (Å²) in [4.78, 5) is 31.6. The molecule has 0 aliphatic carbocycles. The van der Waals surface area contributed by atoms with E-state index in [4.69, 9.17) is 4.74 Å². The predicted octanol–water partition coefficient (Wildman–Crippen LogP) is 3.71. The number of hydrogen-bond acceptors (Lipinski definition) is 6. The number of imidazole rings is 1. The summed E-state index contributed by atoms with van der Waals surface area (Å²) in [5.41, 5.74) is -0.395. The van der Waals surface area contributed by atoms with E-state index in [1.165, 1.54) is 36.7 Å². The Balaban J connectivity index is 1.70. The van der Waals surface area contributed by atoms with Crippen molar-refractivity contribution >= 4 is 22.9 Å². The van der Waals surface area contributed by atoms with E-state index in [2.05, 4.69) is 16.9 Å². The molecule has 0 saturated carbocycles. The average molecular weight is 475 g/mol. The molecule has 0 fully saturated rings. The third-order valence-corrected chi connectivity index (χ3v) is 6.59. The quantitative estimate of drug-likeness (QED) is 0.273. The van der Waals surface area contributed by atoms with Gasteiger partial charge in [-0.2, -0.15) is 0 Å². The van der Waals surface area contributed by atoms with Gasteiger partial charge in [0.2, 0.25) is 0 Å². The zero-order valence-corrected chi connectivity index (χ0v) is 20.3. The standard InChI is InChI=1S/C24H34N4O4S/c1-3-4-5-6-7-8-12-15-33-24-25-21-20(22(30)26-23(31)27(21)2)28(24)16-18(29)17-32-19-13-10-9-11-14-19/h9-11,13-14,18,29H,3-8,12,15-17H2,1-2H3,(H,26,30,31)/t18-/m0/s1. The van der Waals surface area contributed by atoms with Crippen LogP contribution in [0, 0.1) is 0 Å². The maximum absolute atomic E-state index is 12.6. The summed E-state index contributed by atoms with van der Waals surface area (Å²) in [6.07, 6.45) is 7.68. The zero-order chi connectivity index (χ0) is 23.6. The molecule has 0 bridgehead atoms. The number of nitrogens with zero attached hydrogens (tertiary/aromatic N) is 3. The van der Waals surface area contributed by atoms with E-state index in [1.54, 1.807) is 23.4 Å². The minimum atomic E-state index is -0.850. The van der Waals surface area contributed by atoms with Crippen molar-refractivity contribution < 1.29 is 9.84 Å². The summed E-state index contributed by atoms with van der Waals surface area (Å²) in [7, 11) is 1.58. The molecule has 2 heterocycles. The monoisotopic (exact) mass is 474 g/mol. The van der Waals surface area contributed by atoms with Crippen molar-refractivity contribution in [2.24, 2.45) is 7.05 Å². The smallest absolute Gasteiger partial charge is 0.329 e. The minimum absolute atomic E-state index is 0.0786. The second kappa shape index (κ2) is 12.6. The molecular formula is C24H34N4O4S. The second-order valence-electron chi connectivity index (χ2n) is 8.24. The number of aromatic nitrogens is 4. The molecule has 0 amide bonds. The normalized spacial score (nSPS) is 12.3. The third-order valence-electron chi connectivity index (χ3n) is 5.53. The Labute approximate surface area is 198 Å². The van der Waals surface area contributed by atoms with Crippen molar-refractivity contribution in [3.05, 3.63) is 51.2 Å². The van der Waals surface area contributed by atoms with Crippen molar-refractivity contribution in [1.82, 2.24) is 19.1 Å². The molecule has 3 rings (SSSR count). The fourth-order valence-electron chi connectivity index (χ4n) is 3.69. The first kappa shape index (κ1) is 25.1. The van der Waals surface area contributed by atoms with Gasteiger partial charge in [-0.1, -0.05) is 75.4 Å². The number of aryl methyl sites for hydroxylation is 1. The maximum atomic E-state index is 12.6. The van der Waals surface area contributed by atoms with Crippen molar-refractivity contribution in [2.45, 2.75) is 69.7 Å². The number of thioether (sulfide) groups is 1. The fourth-order valence-corrected chi connectivity index (χ4v) is 4.69. The molecule has 1 atom stereocenters. The number of aliphatic hydroxyl groups excluding tert-OH is 1. The summed E-state index contributed by atoms with van der Waals surface area (Å²) >= 11 is 1.55. The van der Waals surface area contributed by atoms with E-state index in [-0.39, 0.29) is 18.7 Å². The van der Waals surface area contributed by atoms with E-state index in [0.29, 0.717) is 16.6 Å². The van der Waals surface area contributed by atoms with Crippen LogP contribution in [0.3, 0.4) is 0 Å². The molecule has 0 spiro atoms. The van der Waals surface area contributed by atoms with Crippen LogP contribution in [0.5, 0.6) is 5.75 Å². The molecule has 0 unspecified atom stereocenters. The maximum Gasteiger partial charge on any atom is 0.329 e. The summed E-state index contributed by atoms with van der Waals surface area (Å²) in [5, 5.41) is 11.3. The number of hydrogen-bond donors (Lipinski definition) is 2. The minimum Gasteiger partial charge on any atom is -0.491 e. The highest BCUT2D eigenvalue weighted by atomic mass is 32.2. The van der Waals surface area contributed by atoms with E-state index in [0.717, 1.165) is 18.6 Å². The molecule has 0 saturated heterocycles. The summed E-state index contributed by atoms with van der Waals surface area (Å²) < 4.78 is 8.70. The van der Waals surface area contributed by atoms with Crippen LogP contribution in [0.15, 0.2) is 45.1 Å². The molecule has 1 aromatic carbocycles. The Bertz CT molecular complexity index is 1120. The van der Waals surface area contributed by atoms with Crippen LogP contribution < -0.4 is 16.0 Å². The lowest BCUT2D eigenvalue weighted by molar-refractivity contribution is 0.0914. The zero-order valence-electron chi connectivity index (χ0n) is 19.5. The molecule has 0 radical (unpaired) electrons. The first-order valence-electron chi connectivity index (χ1n) is 11.7. The lowest BCUT2D eigenvalue weighted by Gasteiger charge is -2.15. The number of aliphatic hydroxyl groups is 1. The Kier molecular flexibility index (Phi) is 9.62. The van der Waals surface area contributed by atoms with Gasteiger partial charge in [0.25, 0.3) is 5.56 Å². The van der Waals surface area contributed by atoms with Crippen molar-refractivity contribution in [3.63, 3.8) is 0 Å².